The van der Waals surface area contributed by atoms with E-state index in [0.717, 1.165) is 18.7 Å². The highest BCUT2D eigenvalue weighted by Gasteiger charge is 2.17. The number of carbonyl (C=O) groups excluding carboxylic acids is 2. The molecule has 0 aliphatic rings. The summed E-state index contributed by atoms with van der Waals surface area (Å²) in [4.78, 5) is 28.7. The number of carbonyl (C=O) groups is 2. The van der Waals surface area contributed by atoms with Crippen LogP contribution in [0.25, 0.3) is 0 Å². The van der Waals surface area contributed by atoms with Crippen LogP contribution in [0, 0.1) is 5.82 Å². The standard InChI is InChI=1S/C25H32FN5O3/c1-4-14-31(25(33)28-22-10-6-5-9-21(22)26)17-19-8-7-15-30(19)18-20-11-12-23(34-20)24(32)27-13-16-29(2)3/h5-12,15H,4,13-14,16-18H2,1-3H3,(H,27,32)(H,28,33). The van der Waals surface area contributed by atoms with Crippen LogP contribution in [-0.2, 0) is 13.1 Å². The van der Waals surface area contributed by atoms with Crippen molar-refractivity contribution >= 4 is 17.6 Å². The summed E-state index contributed by atoms with van der Waals surface area (Å²) in [5.41, 5.74) is 1.04. The molecule has 8 nitrogen and oxygen atoms in total. The Kier molecular flexibility index (Phi) is 8.86. The van der Waals surface area contributed by atoms with Crippen molar-refractivity contribution in [3.63, 3.8) is 0 Å². The number of hydrogen-bond acceptors (Lipinski definition) is 4. The van der Waals surface area contributed by atoms with E-state index in [9.17, 15) is 14.0 Å². The summed E-state index contributed by atoms with van der Waals surface area (Å²) in [5, 5.41) is 5.48. The van der Waals surface area contributed by atoms with Crippen LogP contribution < -0.4 is 10.6 Å². The summed E-state index contributed by atoms with van der Waals surface area (Å²) >= 11 is 0. The first-order chi connectivity index (χ1) is 16.4. The van der Waals surface area contributed by atoms with E-state index in [1.54, 1.807) is 29.2 Å². The van der Waals surface area contributed by atoms with Crippen molar-refractivity contribution in [1.82, 2.24) is 19.7 Å². The third kappa shape index (κ3) is 6.95. The van der Waals surface area contributed by atoms with Crippen LogP contribution in [0.15, 0.2) is 59.1 Å². The monoisotopic (exact) mass is 469 g/mol. The van der Waals surface area contributed by atoms with Gasteiger partial charge in [0.1, 0.15) is 11.6 Å². The smallest absolute Gasteiger partial charge is 0.322 e. The molecule has 0 radical (unpaired) electrons. The molecule has 3 amide bonds. The Labute approximate surface area is 199 Å². The van der Waals surface area contributed by atoms with Gasteiger partial charge >= 0.3 is 6.03 Å². The van der Waals surface area contributed by atoms with Gasteiger partial charge in [0.15, 0.2) is 5.76 Å². The van der Waals surface area contributed by atoms with Gasteiger partial charge in [0.05, 0.1) is 18.8 Å². The molecule has 0 atom stereocenters. The fourth-order valence-electron chi connectivity index (χ4n) is 3.45. The minimum Gasteiger partial charge on any atom is -0.454 e. The lowest BCUT2D eigenvalue weighted by molar-refractivity contribution is 0.0921. The van der Waals surface area contributed by atoms with Gasteiger partial charge in [-0.15, -0.1) is 0 Å². The second-order valence-corrected chi connectivity index (χ2v) is 8.28. The van der Waals surface area contributed by atoms with Gasteiger partial charge in [-0.1, -0.05) is 19.1 Å². The Bertz CT molecular complexity index is 1090. The van der Waals surface area contributed by atoms with Crippen LogP contribution in [0.3, 0.4) is 0 Å². The van der Waals surface area contributed by atoms with Crippen molar-refractivity contribution in [3.8, 4) is 0 Å². The predicted octanol–water partition coefficient (Wildman–Crippen LogP) is 4.00. The number of para-hydroxylation sites is 1. The van der Waals surface area contributed by atoms with Crippen molar-refractivity contribution in [2.75, 3.05) is 39.0 Å². The Morgan fingerprint density at radius 3 is 2.59 bits per heavy atom. The zero-order chi connectivity index (χ0) is 24.5. The molecule has 3 rings (SSSR count). The molecule has 0 aliphatic carbocycles. The number of furan rings is 1. The number of amides is 3. The third-order valence-corrected chi connectivity index (χ3v) is 5.23. The molecular weight excluding hydrogens is 437 g/mol. The number of rotatable bonds is 11. The van der Waals surface area contributed by atoms with Crippen molar-refractivity contribution in [1.29, 1.82) is 0 Å². The normalized spacial score (nSPS) is 11.0. The quantitative estimate of drug-likeness (QED) is 0.445. The summed E-state index contributed by atoms with van der Waals surface area (Å²) in [5.74, 6) is 0.169. The van der Waals surface area contributed by atoms with Crippen molar-refractivity contribution in [2.24, 2.45) is 0 Å². The second kappa shape index (κ2) is 12.0. The number of benzene rings is 1. The van der Waals surface area contributed by atoms with Gasteiger partial charge in [-0.05, 0) is 56.9 Å². The Balaban J connectivity index is 1.64. The van der Waals surface area contributed by atoms with Gasteiger partial charge in [-0.2, -0.15) is 0 Å². The predicted molar refractivity (Wildman–Crippen MR) is 129 cm³/mol. The largest absolute Gasteiger partial charge is 0.454 e. The van der Waals surface area contributed by atoms with Crippen molar-refractivity contribution in [3.05, 3.63) is 77.8 Å². The van der Waals surface area contributed by atoms with Gasteiger partial charge in [0, 0.05) is 31.5 Å². The summed E-state index contributed by atoms with van der Waals surface area (Å²) in [6, 6.07) is 13.0. The van der Waals surface area contributed by atoms with Gasteiger partial charge in [0.2, 0.25) is 0 Å². The van der Waals surface area contributed by atoms with Crippen molar-refractivity contribution < 1.29 is 18.4 Å². The Morgan fingerprint density at radius 1 is 1.06 bits per heavy atom. The number of hydrogen-bond donors (Lipinski definition) is 2. The molecule has 9 heteroatoms. The molecule has 0 fully saturated rings. The minimum absolute atomic E-state index is 0.149. The molecule has 2 heterocycles. The highest BCUT2D eigenvalue weighted by Crippen LogP contribution is 2.16. The van der Waals surface area contributed by atoms with Crippen LogP contribution in [0.4, 0.5) is 14.9 Å². The number of nitrogens with zero attached hydrogens (tertiary/aromatic N) is 3. The van der Waals surface area contributed by atoms with Crippen LogP contribution in [0.5, 0.6) is 0 Å². The van der Waals surface area contributed by atoms with Crippen LogP contribution >= 0.6 is 0 Å². The number of anilines is 1. The van der Waals surface area contributed by atoms with E-state index < -0.39 is 5.82 Å². The fourth-order valence-corrected chi connectivity index (χ4v) is 3.45. The molecule has 34 heavy (non-hydrogen) atoms. The molecule has 0 aliphatic heterocycles. The first-order valence-corrected chi connectivity index (χ1v) is 11.3. The van der Waals surface area contributed by atoms with Gasteiger partial charge in [0.25, 0.3) is 5.91 Å². The molecule has 0 saturated heterocycles. The number of halogens is 1. The van der Waals surface area contributed by atoms with E-state index in [0.29, 0.717) is 31.9 Å². The first-order valence-electron chi connectivity index (χ1n) is 11.3. The first kappa shape index (κ1) is 25.0. The Hall–Kier alpha value is -3.59. The van der Waals surface area contributed by atoms with Crippen LogP contribution in [0.2, 0.25) is 0 Å². The zero-order valence-corrected chi connectivity index (χ0v) is 19.9. The molecule has 1 aromatic carbocycles. The molecule has 2 aromatic heterocycles. The van der Waals surface area contributed by atoms with Gasteiger partial charge in [-0.25, -0.2) is 9.18 Å². The summed E-state index contributed by atoms with van der Waals surface area (Å²) in [7, 11) is 3.88. The number of aromatic nitrogens is 1. The topological polar surface area (TPSA) is 82.8 Å². The zero-order valence-electron chi connectivity index (χ0n) is 19.9. The molecule has 0 bridgehead atoms. The summed E-state index contributed by atoms with van der Waals surface area (Å²) in [6.07, 6.45) is 2.66. The highest BCUT2D eigenvalue weighted by molar-refractivity contribution is 5.91. The molecule has 2 N–H and O–H groups in total. The van der Waals surface area contributed by atoms with E-state index in [1.807, 2.05) is 48.8 Å². The van der Waals surface area contributed by atoms with E-state index in [1.165, 1.54) is 12.1 Å². The lowest BCUT2D eigenvalue weighted by Gasteiger charge is -2.23. The summed E-state index contributed by atoms with van der Waals surface area (Å²) < 4.78 is 21.7. The molecule has 0 saturated carbocycles. The minimum atomic E-state index is -0.477. The molecule has 182 valence electrons. The summed E-state index contributed by atoms with van der Waals surface area (Å²) in [6.45, 7) is 4.54. The molecular formula is C25H32FN5O3. The number of urea groups is 1. The van der Waals surface area contributed by atoms with Crippen LogP contribution in [0.1, 0.15) is 35.4 Å². The fraction of sp³-hybridized carbons (Fsp3) is 0.360. The lowest BCUT2D eigenvalue weighted by Crippen LogP contribution is -2.36. The van der Waals surface area contributed by atoms with E-state index in [2.05, 4.69) is 10.6 Å². The second-order valence-electron chi connectivity index (χ2n) is 8.28. The van der Waals surface area contributed by atoms with E-state index in [4.69, 9.17) is 4.42 Å². The van der Waals surface area contributed by atoms with Gasteiger partial charge < -0.3 is 29.4 Å². The molecule has 0 unspecified atom stereocenters. The van der Waals surface area contributed by atoms with E-state index in [-0.39, 0.29) is 23.4 Å². The van der Waals surface area contributed by atoms with Gasteiger partial charge in [-0.3, -0.25) is 4.79 Å². The number of likely N-dealkylation sites (N-methyl/N-ethyl adjacent to an activating group) is 1. The van der Waals surface area contributed by atoms with Crippen molar-refractivity contribution in [2.45, 2.75) is 26.4 Å². The average Bonchev–Trinajstić information content (AvgIpc) is 3.45. The molecule has 3 aromatic rings. The van der Waals surface area contributed by atoms with E-state index >= 15 is 0 Å². The third-order valence-electron chi connectivity index (χ3n) is 5.23. The lowest BCUT2D eigenvalue weighted by atomic mass is 10.3. The average molecular weight is 470 g/mol. The highest BCUT2D eigenvalue weighted by atomic mass is 19.1. The Morgan fingerprint density at radius 2 is 1.85 bits per heavy atom. The maximum atomic E-state index is 14.0. The maximum Gasteiger partial charge on any atom is 0.322 e. The van der Waals surface area contributed by atoms with Crippen LogP contribution in [-0.4, -0.2) is 60.0 Å². The molecule has 0 spiro atoms. The maximum absolute atomic E-state index is 14.0. The SMILES string of the molecule is CCCN(Cc1cccn1Cc1ccc(C(=O)NCCN(C)C)o1)C(=O)Nc1ccccc1F. The number of nitrogens with one attached hydrogen (secondary N) is 2.